The van der Waals surface area contributed by atoms with Crippen LogP contribution in [0.4, 0.5) is 0 Å². The second kappa shape index (κ2) is 7.65. The molecule has 0 bridgehead atoms. The van der Waals surface area contributed by atoms with Crippen LogP contribution < -0.4 is 5.73 Å². The maximum Gasteiger partial charge on any atom is 0.0499 e. The summed E-state index contributed by atoms with van der Waals surface area (Å²) in [6.07, 6.45) is 3.20. The van der Waals surface area contributed by atoms with Crippen LogP contribution in [-0.4, -0.2) is 29.8 Å². The fourth-order valence-electron chi connectivity index (χ4n) is 1.52. The summed E-state index contributed by atoms with van der Waals surface area (Å²) in [5, 5.41) is 9.32. The van der Waals surface area contributed by atoms with E-state index in [9.17, 15) is 5.11 Å². The van der Waals surface area contributed by atoms with Gasteiger partial charge in [0.05, 0.1) is 0 Å². The van der Waals surface area contributed by atoms with Crippen LogP contribution in [0.5, 0.6) is 0 Å². The summed E-state index contributed by atoms with van der Waals surface area (Å²) in [5.74, 6) is 2.27. The van der Waals surface area contributed by atoms with E-state index in [4.69, 9.17) is 5.73 Å². The molecule has 0 aliphatic carbocycles. The molecular formula is C10H23NOS. The Kier molecular flexibility index (Phi) is 7.81. The van der Waals surface area contributed by atoms with Gasteiger partial charge in [-0.2, -0.15) is 11.8 Å². The Morgan fingerprint density at radius 3 is 2.38 bits per heavy atom. The first kappa shape index (κ1) is 13.3. The summed E-state index contributed by atoms with van der Waals surface area (Å²) >= 11 is 1.92. The average molecular weight is 205 g/mol. The molecule has 0 aromatic rings. The van der Waals surface area contributed by atoms with E-state index >= 15 is 0 Å². The predicted molar refractivity (Wildman–Crippen MR) is 61.1 cm³/mol. The smallest absolute Gasteiger partial charge is 0.0499 e. The van der Waals surface area contributed by atoms with E-state index in [1.807, 2.05) is 11.8 Å². The second-order valence-electron chi connectivity index (χ2n) is 3.56. The molecule has 2 nitrogen and oxygen atoms in total. The number of thioether (sulfide) groups is 1. The molecule has 80 valence electrons. The maximum atomic E-state index is 9.32. The summed E-state index contributed by atoms with van der Waals surface area (Å²) in [4.78, 5) is 0. The highest BCUT2D eigenvalue weighted by atomic mass is 32.2. The molecule has 0 aromatic heterocycles. The standard InChI is InChI=1S/C10H23NOS/c1-3-5-10(8-11,9-12)6-7-13-4-2/h12H,3-9,11H2,1-2H3. The third kappa shape index (κ3) is 4.89. The van der Waals surface area contributed by atoms with Crippen LogP contribution in [0.3, 0.4) is 0 Å². The zero-order valence-electron chi connectivity index (χ0n) is 8.88. The van der Waals surface area contributed by atoms with Gasteiger partial charge in [0, 0.05) is 18.6 Å². The second-order valence-corrected chi connectivity index (χ2v) is 4.95. The van der Waals surface area contributed by atoms with Gasteiger partial charge in [-0.25, -0.2) is 0 Å². The van der Waals surface area contributed by atoms with Crippen LogP contribution in [0.2, 0.25) is 0 Å². The van der Waals surface area contributed by atoms with Gasteiger partial charge in [-0.1, -0.05) is 20.3 Å². The molecule has 0 saturated heterocycles. The Bertz CT molecular complexity index is 115. The van der Waals surface area contributed by atoms with Crippen LogP contribution in [0.25, 0.3) is 0 Å². The van der Waals surface area contributed by atoms with Crippen LogP contribution in [0, 0.1) is 5.41 Å². The number of hydrogen-bond donors (Lipinski definition) is 2. The molecule has 0 amide bonds. The molecule has 0 heterocycles. The zero-order chi connectivity index (χ0) is 10.2. The molecule has 1 atom stereocenters. The van der Waals surface area contributed by atoms with Gasteiger partial charge in [0.2, 0.25) is 0 Å². The molecule has 0 radical (unpaired) electrons. The molecule has 0 spiro atoms. The summed E-state index contributed by atoms with van der Waals surface area (Å²) < 4.78 is 0. The molecule has 0 aliphatic heterocycles. The Morgan fingerprint density at radius 2 is 2.00 bits per heavy atom. The molecule has 0 aromatic carbocycles. The summed E-state index contributed by atoms with van der Waals surface area (Å²) in [5.41, 5.74) is 5.71. The lowest BCUT2D eigenvalue weighted by Crippen LogP contribution is -2.34. The van der Waals surface area contributed by atoms with Crippen molar-refractivity contribution in [3.8, 4) is 0 Å². The molecule has 3 N–H and O–H groups in total. The fourth-order valence-corrected chi connectivity index (χ4v) is 2.38. The monoisotopic (exact) mass is 205 g/mol. The van der Waals surface area contributed by atoms with Gasteiger partial charge in [-0.15, -0.1) is 0 Å². The Balaban J connectivity index is 3.89. The van der Waals surface area contributed by atoms with E-state index in [0.717, 1.165) is 30.8 Å². The Morgan fingerprint density at radius 1 is 1.31 bits per heavy atom. The molecule has 0 rings (SSSR count). The van der Waals surface area contributed by atoms with Crippen molar-refractivity contribution in [2.24, 2.45) is 11.1 Å². The summed E-state index contributed by atoms with van der Waals surface area (Å²) in [7, 11) is 0. The van der Waals surface area contributed by atoms with Crippen molar-refractivity contribution >= 4 is 11.8 Å². The lowest BCUT2D eigenvalue weighted by molar-refractivity contribution is 0.118. The van der Waals surface area contributed by atoms with E-state index in [0.29, 0.717) is 6.54 Å². The van der Waals surface area contributed by atoms with Gasteiger partial charge < -0.3 is 10.8 Å². The maximum absolute atomic E-state index is 9.32. The topological polar surface area (TPSA) is 46.2 Å². The van der Waals surface area contributed by atoms with E-state index < -0.39 is 0 Å². The number of aliphatic hydroxyl groups excluding tert-OH is 1. The quantitative estimate of drug-likeness (QED) is 0.595. The van der Waals surface area contributed by atoms with Gasteiger partial charge >= 0.3 is 0 Å². The first-order chi connectivity index (χ1) is 6.24. The van der Waals surface area contributed by atoms with Crippen molar-refractivity contribution in [3.05, 3.63) is 0 Å². The van der Waals surface area contributed by atoms with E-state index in [2.05, 4.69) is 13.8 Å². The first-order valence-electron chi connectivity index (χ1n) is 5.13. The zero-order valence-corrected chi connectivity index (χ0v) is 9.70. The minimum atomic E-state index is -0.00306. The summed E-state index contributed by atoms with van der Waals surface area (Å²) in [6, 6.07) is 0. The third-order valence-electron chi connectivity index (χ3n) is 2.53. The molecule has 0 saturated carbocycles. The molecule has 0 aliphatic rings. The molecule has 1 unspecified atom stereocenters. The largest absolute Gasteiger partial charge is 0.396 e. The van der Waals surface area contributed by atoms with Crippen LogP contribution in [-0.2, 0) is 0 Å². The number of rotatable bonds is 8. The average Bonchev–Trinajstić information content (AvgIpc) is 2.17. The highest BCUT2D eigenvalue weighted by Gasteiger charge is 2.25. The SMILES string of the molecule is CCCC(CN)(CO)CCSCC. The lowest BCUT2D eigenvalue weighted by Gasteiger charge is -2.29. The van der Waals surface area contributed by atoms with Crippen molar-refractivity contribution in [1.29, 1.82) is 0 Å². The predicted octanol–water partition coefficient (Wildman–Crippen LogP) is 1.87. The molecule has 3 heteroatoms. The molecular weight excluding hydrogens is 182 g/mol. The summed E-state index contributed by atoms with van der Waals surface area (Å²) in [6.45, 7) is 5.16. The van der Waals surface area contributed by atoms with E-state index in [-0.39, 0.29) is 12.0 Å². The minimum absolute atomic E-state index is 0.00306. The Hall–Kier alpha value is 0.270. The number of nitrogens with two attached hydrogens (primary N) is 1. The third-order valence-corrected chi connectivity index (χ3v) is 3.43. The number of hydrogen-bond acceptors (Lipinski definition) is 3. The van der Waals surface area contributed by atoms with Crippen molar-refractivity contribution in [1.82, 2.24) is 0 Å². The van der Waals surface area contributed by atoms with Gasteiger partial charge in [-0.3, -0.25) is 0 Å². The van der Waals surface area contributed by atoms with Crippen molar-refractivity contribution in [2.75, 3.05) is 24.7 Å². The van der Waals surface area contributed by atoms with Crippen molar-refractivity contribution in [2.45, 2.75) is 33.1 Å². The fraction of sp³-hybridized carbons (Fsp3) is 1.00. The molecule has 0 fully saturated rings. The first-order valence-corrected chi connectivity index (χ1v) is 6.28. The van der Waals surface area contributed by atoms with Crippen LogP contribution in [0.15, 0.2) is 0 Å². The Labute approximate surface area is 86.3 Å². The van der Waals surface area contributed by atoms with Gasteiger partial charge in [0.25, 0.3) is 0 Å². The highest BCUT2D eigenvalue weighted by Crippen LogP contribution is 2.28. The van der Waals surface area contributed by atoms with Crippen LogP contribution >= 0.6 is 11.8 Å². The highest BCUT2D eigenvalue weighted by molar-refractivity contribution is 7.99. The molecule has 13 heavy (non-hydrogen) atoms. The van der Waals surface area contributed by atoms with E-state index in [1.54, 1.807) is 0 Å². The number of aliphatic hydroxyl groups is 1. The minimum Gasteiger partial charge on any atom is -0.396 e. The van der Waals surface area contributed by atoms with Crippen molar-refractivity contribution in [3.63, 3.8) is 0 Å². The van der Waals surface area contributed by atoms with E-state index in [1.165, 1.54) is 0 Å². The normalized spacial score (nSPS) is 15.7. The lowest BCUT2D eigenvalue weighted by atomic mass is 9.82. The van der Waals surface area contributed by atoms with Gasteiger partial charge in [0.15, 0.2) is 0 Å². The van der Waals surface area contributed by atoms with Crippen LogP contribution in [0.1, 0.15) is 33.1 Å². The van der Waals surface area contributed by atoms with Gasteiger partial charge in [0.1, 0.15) is 0 Å². The van der Waals surface area contributed by atoms with Crippen molar-refractivity contribution < 1.29 is 5.11 Å². The van der Waals surface area contributed by atoms with Gasteiger partial charge in [-0.05, 0) is 24.3 Å².